The van der Waals surface area contributed by atoms with E-state index in [0.717, 1.165) is 42.0 Å². The molecule has 0 atom stereocenters. The minimum Gasteiger partial charge on any atom is -0.493 e. The molecule has 29 heavy (non-hydrogen) atoms. The van der Waals surface area contributed by atoms with E-state index in [-0.39, 0.29) is 0 Å². The summed E-state index contributed by atoms with van der Waals surface area (Å²) >= 11 is 6.66. The van der Waals surface area contributed by atoms with Crippen molar-refractivity contribution in [3.63, 3.8) is 0 Å². The number of ether oxygens (including phenoxy) is 2. The Kier molecular flexibility index (Phi) is 6.86. The van der Waals surface area contributed by atoms with Crippen molar-refractivity contribution in [2.75, 3.05) is 14.2 Å². The number of hydrogen-bond donors (Lipinski definition) is 0. The molecule has 0 saturated carbocycles. The average molecular weight is 412 g/mol. The van der Waals surface area contributed by atoms with Crippen LogP contribution in [0.3, 0.4) is 0 Å². The van der Waals surface area contributed by atoms with Gasteiger partial charge in [0, 0.05) is 24.6 Å². The second kappa shape index (κ2) is 9.36. The number of hydrogen-bond acceptors (Lipinski definition) is 3. The molecule has 0 N–H and O–H groups in total. The van der Waals surface area contributed by atoms with Gasteiger partial charge in [0.25, 0.3) is 0 Å². The molecule has 0 saturated heterocycles. The second-order valence-corrected chi connectivity index (χ2v) is 7.56. The summed E-state index contributed by atoms with van der Waals surface area (Å²) in [5.41, 5.74) is 5.55. The van der Waals surface area contributed by atoms with Crippen LogP contribution in [-0.4, -0.2) is 23.8 Å². The summed E-state index contributed by atoms with van der Waals surface area (Å²) in [7, 11) is 3.24. The third-order valence-corrected chi connectivity index (χ3v) is 5.48. The number of aryl methyl sites for hydroxylation is 2. The van der Waals surface area contributed by atoms with Gasteiger partial charge in [-0.1, -0.05) is 49.2 Å². The highest BCUT2D eigenvalue weighted by atomic mass is 35.5. The Morgan fingerprint density at radius 1 is 1.07 bits per heavy atom. The summed E-state index contributed by atoms with van der Waals surface area (Å²) in [4.78, 5) is 4.79. The van der Waals surface area contributed by atoms with E-state index >= 15 is 0 Å². The summed E-state index contributed by atoms with van der Waals surface area (Å²) in [6.07, 6.45) is 2.79. The molecule has 0 aliphatic carbocycles. The van der Waals surface area contributed by atoms with E-state index in [1.54, 1.807) is 14.2 Å². The monoisotopic (exact) mass is 411 g/mol. The Bertz CT molecular complexity index is 975. The third-order valence-electron chi connectivity index (χ3n) is 5.18. The molecule has 3 rings (SSSR count). The molecule has 2 aromatic carbocycles. The van der Waals surface area contributed by atoms with Crippen molar-refractivity contribution in [3.05, 3.63) is 63.9 Å². The molecule has 0 amide bonds. The van der Waals surface area contributed by atoms with Crippen LogP contribution < -0.4 is 9.47 Å². The van der Waals surface area contributed by atoms with E-state index in [1.165, 1.54) is 11.1 Å². The van der Waals surface area contributed by atoms with Gasteiger partial charge in [0.1, 0.15) is 5.82 Å². The first-order valence-corrected chi connectivity index (χ1v) is 10.3. The quantitative estimate of drug-likeness (QED) is 0.454. The lowest BCUT2D eigenvalue weighted by Crippen LogP contribution is -2.07. The van der Waals surface area contributed by atoms with Crippen LogP contribution >= 0.6 is 11.6 Å². The molecule has 5 heteroatoms. The van der Waals surface area contributed by atoms with Gasteiger partial charge in [0.05, 0.1) is 19.9 Å². The largest absolute Gasteiger partial charge is 0.493 e. The van der Waals surface area contributed by atoms with Gasteiger partial charge in [0.2, 0.25) is 0 Å². The maximum atomic E-state index is 6.66. The Labute approximate surface area is 178 Å². The lowest BCUT2D eigenvalue weighted by atomic mass is 10.0. The van der Waals surface area contributed by atoms with Gasteiger partial charge < -0.3 is 14.0 Å². The average Bonchev–Trinajstić information content (AvgIpc) is 3.01. The van der Waals surface area contributed by atoms with E-state index in [2.05, 4.69) is 49.6 Å². The summed E-state index contributed by atoms with van der Waals surface area (Å²) in [5, 5.41) is 0.543. The number of methoxy groups -OCH3 is 2. The fourth-order valence-electron chi connectivity index (χ4n) is 3.64. The molecule has 1 radical (unpaired) electrons. The summed E-state index contributed by atoms with van der Waals surface area (Å²) in [6, 6.07) is 13.5. The van der Waals surface area contributed by atoms with E-state index in [1.807, 2.05) is 12.1 Å². The van der Waals surface area contributed by atoms with Crippen molar-refractivity contribution in [2.45, 2.75) is 46.6 Å². The van der Waals surface area contributed by atoms with Gasteiger partial charge in [-0.05, 0) is 43.0 Å². The van der Waals surface area contributed by atoms with Crippen LogP contribution in [-0.2, 0) is 13.0 Å². The number of halogens is 1. The van der Waals surface area contributed by atoms with Gasteiger partial charge in [-0.3, -0.25) is 0 Å². The normalized spacial score (nSPS) is 11.0. The van der Waals surface area contributed by atoms with Crippen LogP contribution in [0.2, 0.25) is 5.15 Å². The number of imidazole rings is 1. The standard InChI is InChI=1S/C24H28ClN2O2/c1-6-7-13-27-19(14-18-11-12-20(28-4)21(15-18)29-5)23(25)26-24(27)22-16(2)9-8-10-17(22)3/h8-12H,6-7,13-14H2,1-5H3. The fraction of sp³-hybridized carbons (Fsp3) is 0.375. The van der Waals surface area contributed by atoms with E-state index in [0.29, 0.717) is 23.1 Å². The number of nitrogens with zero attached hydrogens (tertiary/aromatic N) is 2. The lowest BCUT2D eigenvalue weighted by Gasteiger charge is -2.15. The maximum Gasteiger partial charge on any atom is 0.168 e. The van der Waals surface area contributed by atoms with Crippen LogP contribution in [0.15, 0.2) is 30.3 Å². The first-order valence-electron chi connectivity index (χ1n) is 9.94. The molecule has 0 bridgehead atoms. The third kappa shape index (κ3) is 4.43. The molecule has 3 aromatic rings. The highest BCUT2D eigenvalue weighted by Crippen LogP contribution is 2.33. The first-order chi connectivity index (χ1) is 14.0. The van der Waals surface area contributed by atoms with Gasteiger partial charge >= 0.3 is 0 Å². The number of unbranched alkanes of at least 4 members (excludes halogenated alkanes) is 1. The first kappa shape index (κ1) is 21.3. The maximum absolute atomic E-state index is 6.66. The molecule has 153 valence electrons. The van der Waals surface area contributed by atoms with Crippen molar-refractivity contribution < 1.29 is 9.47 Å². The molecule has 4 nitrogen and oxygen atoms in total. The Balaban J connectivity index is 2.08. The molecule has 1 heterocycles. The summed E-state index contributed by atoms with van der Waals surface area (Å²) in [5.74, 6) is 2.20. The van der Waals surface area contributed by atoms with Crippen LogP contribution in [0.5, 0.6) is 11.5 Å². The van der Waals surface area contributed by atoms with Crippen molar-refractivity contribution in [1.82, 2.24) is 9.55 Å². The van der Waals surface area contributed by atoms with Crippen molar-refractivity contribution in [2.24, 2.45) is 0 Å². The van der Waals surface area contributed by atoms with Crippen LogP contribution in [0.25, 0.3) is 11.4 Å². The smallest absolute Gasteiger partial charge is 0.168 e. The van der Waals surface area contributed by atoms with Crippen LogP contribution in [0.1, 0.15) is 42.1 Å². The predicted octanol–water partition coefficient (Wildman–Crippen LogP) is 6.03. The minimum absolute atomic E-state index is 0.543. The predicted molar refractivity (Wildman–Crippen MR) is 118 cm³/mol. The molecular formula is C24H28ClN2O2. The zero-order valence-electron chi connectivity index (χ0n) is 17.8. The van der Waals surface area contributed by atoms with Gasteiger partial charge in [-0.15, -0.1) is 0 Å². The molecule has 0 spiro atoms. The van der Waals surface area contributed by atoms with Crippen LogP contribution in [0.4, 0.5) is 0 Å². The molecule has 0 unspecified atom stereocenters. The van der Waals surface area contributed by atoms with Crippen molar-refractivity contribution in [3.8, 4) is 22.9 Å². The Morgan fingerprint density at radius 2 is 1.79 bits per heavy atom. The molecule has 0 aliphatic heterocycles. The molecular weight excluding hydrogens is 384 g/mol. The SMILES string of the molecule is CCCCn1c(-c2c(C)cccc2C)nc(Cl)c1Cc1[c]c(OC)c(OC)cc1. The Morgan fingerprint density at radius 3 is 2.41 bits per heavy atom. The van der Waals surface area contributed by atoms with E-state index in [4.69, 9.17) is 26.1 Å². The second-order valence-electron chi connectivity index (χ2n) is 7.21. The fourth-order valence-corrected chi connectivity index (χ4v) is 3.89. The summed E-state index contributed by atoms with van der Waals surface area (Å²) in [6.45, 7) is 7.31. The molecule has 0 fully saturated rings. The summed E-state index contributed by atoms with van der Waals surface area (Å²) < 4.78 is 13.0. The topological polar surface area (TPSA) is 36.3 Å². The lowest BCUT2D eigenvalue weighted by molar-refractivity contribution is 0.354. The zero-order chi connectivity index (χ0) is 21.0. The Hall–Kier alpha value is -2.46. The zero-order valence-corrected chi connectivity index (χ0v) is 18.6. The highest BCUT2D eigenvalue weighted by molar-refractivity contribution is 6.30. The van der Waals surface area contributed by atoms with Gasteiger partial charge in [-0.25, -0.2) is 4.98 Å². The minimum atomic E-state index is 0.543. The van der Waals surface area contributed by atoms with E-state index in [9.17, 15) is 0 Å². The van der Waals surface area contributed by atoms with Crippen molar-refractivity contribution >= 4 is 11.6 Å². The van der Waals surface area contributed by atoms with Crippen LogP contribution in [0, 0.1) is 19.9 Å². The molecule has 1 aromatic heterocycles. The number of rotatable bonds is 8. The highest BCUT2D eigenvalue weighted by Gasteiger charge is 2.20. The number of aromatic nitrogens is 2. The van der Waals surface area contributed by atoms with Gasteiger partial charge in [-0.2, -0.15) is 0 Å². The van der Waals surface area contributed by atoms with Crippen molar-refractivity contribution in [1.29, 1.82) is 0 Å². The van der Waals surface area contributed by atoms with E-state index < -0.39 is 0 Å². The molecule has 0 aliphatic rings. The van der Waals surface area contributed by atoms with Gasteiger partial charge in [0.15, 0.2) is 16.7 Å². The number of benzene rings is 2.